The number of hydrogen-bond acceptors (Lipinski definition) is 5. The van der Waals surface area contributed by atoms with Gasteiger partial charge < -0.3 is 10.3 Å². The number of phenolic OH excluding ortho intramolecular Hbond substituents is 1. The van der Waals surface area contributed by atoms with Crippen molar-refractivity contribution >= 4 is 5.95 Å². The van der Waals surface area contributed by atoms with Crippen LogP contribution in [0, 0.1) is 19.3 Å². The van der Waals surface area contributed by atoms with Crippen molar-refractivity contribution in [2.45, 2.75) is 6.92 Å². The molecule has 1 heterocycles. The van der Waals surface area contributed by atoms with Gasteiger partial charge in [0.1, 0.15) is 11.4 Å². The highest BCUT2D eigenvalue weighted by Crippen LogP contribution is 2.29. The minimum Gasteiger partial charge on any atom is -0.507 e. The quantitative estimate of drug-likeness (QED) is 0.419. The van der Waals surface area contributed by atoms with Gasteiger partial charge in [-0.25, -0.2) is 0 Å². The smallest absolute Gasteiger partial charge is 0.449 e. The molecule has 0 spiro atoms. The number of hydrogen-bond donors (Lipinski definition) is 3. The number of phenols is 1. The van der Waals surface area contributed by atoms with E-state index in [0.29, 0.717) is 27.4 Å². The molecule has 1 aromatic heterocycles. The standard InChI is InChI=1S/C13H12N4O2/c1-4-9-5-6-10(11(18)7-9)12-8(2)15-13(14-3)17(19)16-12/h1,5-7,19H,2-3H3,(H,16,18)/p+1. The van der Waals surface area contributed by atoms with Crippen molar-refractivity contribution in [3.05, 3.63) is 29.5 Å². The molecule has 6 heteroatoms. The van der Waals surface area contributed by atoms with Crippen LogP contribution in [0.25, 0.3) is 11.3 Å². The lowest BCUT2D eigenvalue weighted by Gasteiger charge is -2.05. The molecule has 0 aliphatic rings. The normalized spacial score (nSPS) is 9.95. The van der Waals surface area contributed by atoms with Crippen LogP contribution in [0.15, 0.2) is 18.2 Å². The van der Waals surface area contributed by atoms with Crippen LogP contribution >= 0.6 is 0 Å². The molecule has 0 saturated carbocycles. The van der Waals surface area contributed by atoms with Crippen LogP contribution in [0.2, 0.25) is 0 Å². The Morgan fingerprint density at radius 3 is 2.74 bits per heavy atom. The summed E-state index contributed by atoms with van der Waals surface area (Å²) in [5.41, 5.74) is 1.96. The first-order chi connectivity index (χ1) is 9.06. The highest BCUT2D eigenvalue weighted by Gasteiger charge is 2.19. The van der Waals surface area contributed by atoms with Crippen LogP contribution in [0.1, 0.15) is 11.3 Å². The summed E-state index contributed by atoms with van der Waals surface area (Å²) in [6, 6.07) is 4.79. The number of rotatable bonds is 2. The van der Waals surface area contributed by atoms with E-state index < -0.39 is 0 Å². The third-order valence-electron chi connectivity index (χ3n) is 2.64. The Bertz CT molecular complexity index is 677. The molecule has 96 valence electrons. The summed E-state index contributed by atoms with van der Waals surface area (Å²) in [5.74, 6) is 2.63. The van der Waals surface area contributed by atoms with Crippen molar-refractivity contribution in [2.75, 3.05) is 12.4 Å². The lowest BCUT2D eigenvalue weighted by Crippen LogP contribution is -2.39. The molecular formula is C13H13N4O2+. The Kier molecular flexibility index (Phi) is 3.21. The maximum absolute atomic E-state index is 9.95. The van der Waals surface area contributed by atoms with E-state index in [9.17, 15) is 10.3 Å². The maximum atomic E-state index is 9.95. The van der Waals surface area contributed by atoms with Crippen LogP contribution in [0.4, 0.5) is 5.95 Å². The number of aromatic nitrogens is 3. The summed E-state index contributed by atoms with van der Waals surface area (Å²) < 4.78 is 0. The predicted octanol–water partition coefficient (Wildman–Crippen LogP) is 0.705. The summed E-state index contributed by atoms with van der Waals surface area (Å²) >= 11 is 0. The van der Waals surface area contributed by atoms with Gasteiger partial charge >= 0.3 is 5.95 Å². The molecule has 19 heavy (non-hydrogen) atoms. The van der Waals surface area contributed by atoms with Crippen LogP contribution in [0.3, 0.4) is 0 Å². The zero-order valence-corrected chi connectivity index (χ0v) is 10.5. The number of anilines is 1. The molecule has 6 nitrogen and oxygen atoms in total. The van der Waals surface area contributed by atoms with E-state index in [2.05, 4.69) is 21.3 Å². The van der Waals surface area contributed by atoms with E-state index in [1.54, 1.807) is 26.1 Å². The molecule has 0 amide bonds. The van der Waals surface area contributed by atoms with Gasteiger partial charge in [-0.2, -0.15) is 0 Å². The SMILES string of the molecule is C#Cc1ccc(-c2n[n+](O)c(NC)nc2C)c(O)c1. The summed E-state index contributed by atoms with van der Waals surface area (Å²) in [6.45, 7) is 1.73. The number of benzene rings is 1. The number of nitrogens with one attached hydrogen (secondary N) is 1. The zero-order valence-electron chi connectivity index (χ0n) is 10.5. The maximum Gasteiger partial charge on any atom is 0.449 e. The molecule has 3 N–H and O–H groups in total. The van der Waals surface area contributed by atoms with Crippen molar-refractivity contribution in [3.8, 4) is 29.4 Å². The van der Waals surface area contributed by atoms with E-state index in [1.165, 1.54) is 6.07 Å². The summed E-state index contributed by atoms with van der Waals surface area (Å²) in [7, 11) is 1.62. The lowest BCUT2D eigenvalue weighted by molar-refractivity contribution is -0.938. The van der Waals surface area contributed by atoms with Gasteiger partial charge in [0.2, 0.25) is 0 Å². The third kappa shape index (κ3) is 2.26. The number of nitrogens with zero attached hydrogens (tertiary/aromatic N) is 3. The number of aryl methyl sites for hydroxylation is 1. The molecule has 0 saturated heterocycles. The molecule has 0 radical (unpaired) electrons. The van der Waals surface area contributed by atoms with E-state index in [1.807, 2.05) is 0 Å². The van der Waals surface area contributed by atoms with E-state index in [0.717, 1.165) is 0 Å². The van der Waals surface area contributed by atoms with Gasteiger partial charge in [-0.3, -0.25) is 5.32 Å². The molecule has 0 atom stereocenters. The average Bonchev–Trinajstić information content (AvgIpc) is 2.41. The van der Waals surface area contributed by atoms with Crippen LogP contribution in [-0.4, -0.2) is 27.4 Å². The van der Waals surface area contributed by atoms with Crippen LogP contribution in [0.5, 0.6) is 5.75 Å². The number of aromatic hydroxyl groups is 1. The third-order valence-corrected chi connectivity index (χ3v) is 2.64. The Hall–Kier alpha value is -2.81. The second-order valence-electron chi connectivity index (χ2n) is 3.89. The fraction of sp³-hybridized carbons (Fsp3) is 0.154. The van der Waals surface area contributed by atoms with Crippen molar-refractivity contribution in [1.82, 2.24) is 10.1 Å². The van der Waals surface area contributed by atoms with Gasteiger partial charge in [-0.05, 0) is 25.1 Å². The average molecular weight is 257 g/mol. The van der Waals surface area contributed by atoms with Gasteiger partial charge in [0, 0.05) is 16.0 Å². The molecular weight excluding hydrogens is 244 g/mol. The van der Waals surface area contributed by atoms with Gasteiger partial charge in [-0.1, -0.05) is 16.0 Å². The first-order valence-corrected chi connectivity index (χ1v) is 5.54. The predicted molar refractivity (Wildman–Crippen MR) is 68.7 cm³/mol. The topological polar surface area (TPSA) is 82.2 Å². The van der Waals surface area contributed by atoms with Crippen molar-refractivity contribution in [1.29, 1.82) is 0 Å². The Morgan fingerprint density at radius 1 is 1.42 bits per heavy atom. The first-order valence-electron chi connectivity index (χ1n) is 5.54. The largest absolute Gasteiger partial charge is 0.507 e. The monoisotopic (exact) mass is 257 g/mol. The highest BCUT2D eigenvalue weighted by atomic mass is 16.5. The summed E-state index contributed by atoms with van der Waals surface area (Å²) in [4.78, 5) is 4.76. The van der Waals surface area contributed by atoms with Gasteiger partial charge in [0.25, 0.3) is 0 Å². The van der Waals surface area contributed by atoms with Crippen molar-refractivity contribution in [3.63, 3.8) is 0 Å². The van der Waals surface area contributed by atoms with Crippen LogP contribution in [-0.2, 0) is 0 Å². The lowest BCUT2D eigenvalue weighted by atomic mass is 10.1. The van der Waals surface area contributed by atoms with Gasteiger partial charge in [0.15, 0.2) is 5.69 Å². The molecule has 0 aliphatic carbocycles. The number of terminal acetylenes is 1. The fourth-order valence-corrected chi connectivity index (χ4v) is 1.70. The molecule has 2 rings (SSSR count). The second-order valence-corrected chi connectivity index (χ2v) is 3.89. The minimum atomic E-state index is -0.00921. The van der Waals surface area contributed by atoms with Crippen molar-refractivity contribution < 1.29 is 15.2 Å². The van der Waals surface area contributed by atoms with Gasteiger partial charge in [-0.15, -0.1) is 6.42 Å². The molecule has 1 aromatic carbocycles. The fourth-order valence-electron chi connectivity index (χ4n) is 1.70. The summed E-state index contributed by atoms with van der Waals surface area (Å²) in [5, 5.41) is 26.2. The molecule has 0 unspecified atom stereocenters. The van der Waals surface area contributed by atoms with E-state index >= 15 is 0 Å². The van der Waals surface area contributed by atoms with Gasteiger partial charge in [0.05, 0.1) is 7.05 Å². The van der Waals surface area contributed by atoms with E-state index in [4.69, 9.17) is 6.42 Å². The van der Waals surface area contributed by atoms with Crippen molar-refractivity contribution in [2.24, 2.45) is 0 Å². The summed E-state index contributed by atoms with van der Waals surface area (Å²) in [6.07, 6.45) is 5.26. The zero-order chi connectivity index (χ0) is 14.0. The molecule has 2 aromatic rings. The minimum absolute atomic E-state index is 0.00921. The second kappa shape index (κ2) is 4.82. The van der Waals surface area contributed by atoms with Crippen LogP contribution < -0.4 is 10.2 Å². The molecule has 0 aliphatic heterocycles. The first kappa shape index (κ1) is 12.6. The Morgan fingerprint density at radius 2 is 2.16 bits per heavy atom. The highest BCUT2D eigenvalue weighted by molar-refractivity contribution is 5.69. The molecule has 0 bridgehead atoms. The Balaban J connectivity index is 2.60. The van der Waals surface area contributed by atoms with E-state index in [-0.39, 0.29) is 11.7 Å². The Labute approximate surface area is 110 Å². The molecule has 0 fully saturated rings.